The van der Waals surface area contributed by atoms with Crippen molar-refractivity contribution < 1.29 is 5.11 Å². The van der Waals surface area contributed by atoms with Crippen LogP contribution in [0.4, 0.5) is 0 Å². The lowest BCUT2D eigenvalue weighted by molar-refractivity contribution is 0.198. The molecule has 0 heterocycles. The molecule has 0 spiro atoms. The van der Waals surface area contributed by atoms with Gasteiger partial charge in [-0.25, -0.2) is 0 Å². The quantitative estimate of drug-likeness (QED) is 0.876. The van der Waals surface area contributed by atoms with Crippen molar-refractivity contribution in [3.63, 3.8) is 0 Å². The number of phenols is 1. The highest BCUT2D eigenvalue weighted by Crippen LogP contribution is 2.35. The maximum Gasteiger partial charge on any atom is 0.129 e. The molecule has 100 valence electrons. The van der Waals surface area contributed by atoms with E-state index >= 15 is 0 Å². The normalized spacial score (nSPS) is 22.9. The molecule has 0 aromatic heterocycles. The molecular formula is C15H22BrNO. The van der Waals surface area contributed by atoms with E-state index in [-0.39, 0.29) is 0 Å². The van der Waals surface area contributed by atoms with Crippen molar-refractivity contribution in [3.8, 4) is 5.75 Å². The van der Waals surface area contributed by atoms with Crippen LogP contribution >= 0.6 is 15.9 Å². The second-order valence-electron chi connectivity index (χ2n) is 6.12. The molecule has 1 atom stereocenters. The SMILES string of the molecule is CC1(C)CCCC(NCc2ccc(O)c(Br)c2)C1. The molecule has 0 radical (unpaired) electrons. The topological polar surface area (TPSA) is 32.3 Å². The first kappa shape index (κ1) is 13.9. The molecule has 18 heavy (non-hydrogen) atoms. The summed E-state index contributed by atoms with van der Waals surface area (Å²) in [4.78, 5) is 0. The minimum absolute atomic E-state index is 0.303. The van der Waals surface area contributed by atoms with E-state index in [9.17, 15) is 5.11 Å². The van der Waals surface area contributed by atoms with Crippen molar-refractivity contribution in [2.75, 3.05) is 0 Å². The molecule has 1 unspecified atom stereocenters. The monoisotopic (exact) mass is 311 g/mol. The molecule has 2 N–H and O–H groups in total. The summed E-state index contributed by atoms with van der Waals surface area (Å²) < 4.78 is 0.769. The van der Waals surface area contributed by atoms with Crippen molar-refractivity contribution in [2.24, 2.45) is 5.41 Å². The Bertz CT molecular complexity index is 417. The van der Waals surface area contributed by atoms with Crippen LogP contribution in [0.1, 0.15) is 45.1 Å². The average molecular weight is 312 g/mol. The van der Waals surface area contributed by atoms with E-state index in [1.807, 2.05) is 12.1 Å². The van der Waals surface area contributed by atoms with Gasteiger partial charge in [0.05, 0.1) is 4.47 Å². The second kappa shape index (κ2) is 5.62. The number of nitrogens with one attached hydrogen (secondary N) is 1. The first-order chi connectivity index (χ1) is 8.46. The van der Waals surface area contributed by atoms with Crippen molar-refractivity contribution in [1.29, 1.82) is 0 Å². The summed E-state index contributed by atoms with van der Waals surface area (Å²) in [6, 6.07) is 6.32. The summed E-state index contributed by atoms with van der Waals surface area (Å²) in [5, 5.41) is 13.1. The first-order valence-electron chi connectivity index (χ1n) is 6.67. The number of hydrogen-bond donors (Lipinski definition) is 2. The summed E-state index contributed by atoms with van der Waals surface area (Å²) in [5.74, 6) is 0.303. The van der Waals surface area contributed by atoms with Crippen LogP contribution in [0.25, 0.3) is 0 Å². The van der Waals surface area contributed by atoms with E-state index < -0.39 is 0 Å². The molecule has 0 bridgehead atoms. The average Bonchev–Trinajstić information content (AvgIpc) is 2.29. The van der Waals surface area contributed by atoms with Gasteiger partial charge in [-0.3, -0.25) is 0 Å². The van der Waals surface area contributed by atoms with Crippen LogP contribution in [0.2, 0.25) is 0 Å². The molecule has 0 amide bonds. The highest BCUT2D eigenvalue weighted by atomic mass is 79.9. The lowest BCUT2D eigenvalue weighted by atomic mass is 9.75. The third-order valence-corrected chi connectivity index (χ3v) is 4.45. The molecule has 1 saturated carbocycles. The Balaban J connectivity index is 1.89. The highest BCUT2D eigenvalue weighted by molar-refractivity contribution is 9.10. The number of hydrogen-bond acceptors (Lipinski definition) is 2. The number of halogens is 1. The van der Waals surface area contributed by atoms with Gasteiger partial charge in [0, 0.05) is 12.6 Å². The van der Waals surface area contributed by atoms with E-state index in [1.165, 1.54) is 31.2 Å². The van der Waals surface area contributed by atoms with Gasteiger partial charge in [-0.1, -0.05) is 26.3 Å². The molecule has 1 aliphatic rings. The van der Waals surface area contributed by atoms with Crippen LogP contribution in [0.3, 0.4) is 0 Å². The minimum Gasteiger partial charge on any atom is -0.507 e. The molecule has 1 fully saturated rings. The zero-order valence-corrected chi connectivity index (χ0v) is 12.8. The van der Waals surface area contributed by atoms with Crippen LogP contribution < -0.4 is 5.32 Å². The summed E-state index contributed by atoms with van der Waals surface area (Å²) in [6.45, 7) is 5.59. The predicted molar refractivity (Wildman–Crippen MR) is 78.7 cm³/mol. The summed E-state index contributed by atoms with van der Waals surface area (Å²) in [5.41, 5.74) is 1.69. The molecule has 0 saturated heterocycles. The molecule has 1 aliphatic carbocycles. The van der Waals surface area contributed by atoms with Crippen molar-refractivity contribution in [1.82, 2.24) is 5.32 Å². The Kier molecular flexibility index (Phi) is 4.33. The lowest BCUT2D eigenvalue weighted by Gasteiger charge is -2.35. The first-order valence-corrected chi connectivity index (χ1v) is 7.46. The molecule has 3 heteroatoms. The maximum absolute atomic E-state index is 9.46. The van der Waals surface area contributed by atoms with Crippen LogP contribution in [0.15, 0.2) is 22.7 Å². The van der Waals surface area contributed by atoms with Gasteiger partial charge in [-0.05, 0) is 58.3 Å². The molecule has 1 aromatic carbocycles. The van der Waals surface area contributed by atoms with E-state index in [4.69, 9.17) is 0 Å². The largest absolute Gasteiger partial charge is 0.507 e. The Morgan fingerprint density at radius 2 is 2.22 bits per heavy atom. The van der Waals surface area contributed by atoms with Crippen molar-refractivity contribution >= 4 is 15.9 Å². The van der Waals surface area contributed by atoms with Gasteiger partial charge >= 0.3 is 0 Å². The number of benzene rings is 1. The van der Waals surface area contributed by atoms with Crippen LogP contribution in [0.5, 0.6) is 5.75 Å². The highest BCUT2D eigenvalue weighted by Gasteiger charge is 2.27. The van der Waals surface area contributed by atoms with Crippen molar-refractivity contribution in [2.45, 2.75) is 52.1 Å². The zero-order valence-electron chi connectivity index (χ0n) is 11.2. The number of rotatable bonds is 3. The Morgan fingerprint density at radius 3 is 2.89 bits per heavy atom. The smallest absolute Gasteiger partial charge is 0.129 e. The standard InChI is InChI=1S/C15H22BrNO/c1-15(2)7-3-4-12(9-15)17-10-11-5-6-14(18)13(16)8-11/h5-6,8,12,17-18H,3-4,7,9-10H2,1-2H3. The van der Waals surface area contributed by atoms with Crippen LogP contribution in [-0.2, 0) is 6.54 Å². The summed E-state index contributed by atoms with van der Waals surface area (Å²) in [6.07, 6.45) is 5.20. The second-order valence-corrected chi connectivity index (χ2v) is 6.98. The Labute approximate surface area is 118 Å². The van der Waals surface area contributed by atoms with Gasteiger partial charge in [0.2, 0.25) is 0 Å². The van der Waals surface area contributed by atoms with Gasteiger partial charge in [-0.15, -0.1) is 0 Å². The lowest BCUT2D eigenvalue weighted by Crippen LogP contribution is -2.36. The summed E-state index contributed by atoms with van der Waals surface area (Å²) in [7, 11) is 0. The van der Waals surface area contributed by atoms with Crippen LogP contribution in [-0.4, -0.2) is 11.1 Å². The molecule has 1 aromatic rings. The zero-order chi connectivity index (χ0) is 13.2. The van der Waals surface area contributed by atoms with E-state index in [0.717, 1.165) is 11.0 Å². The fraction of sp³-hybridized carbons (Fsp3) is 0.600. The fourth-order valence-corrected chi connectivity index (χ4v) is 3.22. The third-order valence-electron chi connectivity index (χ3n) is 3.81. The molecule has 2 nitrogen and oxygen atoms in total. The summed E-state index contributed by atoms with van der Waals surface area (Å²) >= 11 is 3.35. The van der Waals surface area contributed by atoms with Crippen molar-refractivity contribution in [3.05, 3.63) is 28.2 Å². The third kappa shape index (κ3) is 3.72. The van der Waals surface area contributed by atoms with Gasteiger partial charge in [0.1, 0.15) is 5.75 Å². The van der Waals surface area contributed by atoms with Gasteiger partial charge < -0.3 is 10.4 Å². The molecule has 2 rings (SSSR count). The van der Waals surface area contributed by atoms with E-state index in [0.29, 0.717) is 17.2 Å². The fourth-order valence-electron chi connectivity index (χ4n) is 2.79. The number of phenolic OH excluding ortho intramolecular Hbond substituents is 1. The predicted octanol–water partition coefficient (Wildman–Crippen LogP) is 4.21. The Morgan fingerprint density at radius 1 is 1.44 bits per heavy atom. The minimum atomic E-state index is 0.303. The molecule has 0 aliphatic heterocycles. The number of aromatic hydroxyl groups is 1. The van der Waals surface area contributed by atoms with Gasteiger partial charge in [-0.2, -0.15) is 0 Å². The van der Waals surface area contributed by atoms with E-state index in [2.05, 4.69) is 35.1 Å². The van der Waals surface area contributed by atoms with Gasteiger partial charge in [0.25, 0.3) is 0 Å². The van der Waals surface area contributed by atoms with Gasteiger partial charge in [0.15, 0.2) is 0 Å². The van der Waals surface area contributed by atoms with Crippen LogP contribution in [0, 0.1) is 5.41 Å². The Hall–Kier alpha value is -0.540. The van der Waals surface area contributed by atoms with E-state index in [1.54, 1.807) is 6.07 Å². The maximum atomic E-state index is 9.46. The molecular weight excluding hydrogens is 290 g/mol.